The first-order valence-corrected chi connectivity index (χ1v) is 9.58. The van der Waals surface area contributed by atoms with Crippen LogP contribution >= 0.6 is 11.8 Å². The molecule has 2 atom stereocenters. The lowest BCUT2D eigenvalue weighted by atomic mass is 9.78. The van der Waals surface area contributed by atoms with Crippen LogP contribution in [0.15, 0.2) is 23.1 Å². The molecule has 1 saturated carbocycles. The molecule has 2 heterocycles. The number of carbonyl (C=O) groups excluding carboxylic acids is 2. The van der Waals surface area contributed by atoms with E-state index < -0.39 is 0 Å². The van der Waals surface area contributed by atoms with Crippen LogP contribution < -0.4 is 5.32 Å². The van der Waals surface area contributed by atoms with Crippen molar-refractivity contribution in [2.45, 2.75) is 49.5 Å². The Labute approximate surface area is 141 Å². The second-order valence-corrected chi connectivity index (χ2v) is 7.82. The Balaban J connectivity index is 1.58. The van der Waals surface area contributed by atoms with E-state index in [2.05, 4.69) is 10.2 Å². The van der Waals surface area contributed by atoms with Crippen LogP contribution in [0.5, 0.6) is 0 Å². The third-order valence-corrected chi connectivity index (χ3v) is 6.44. The van der Waals surface area contributed by atoms with Gasteiger partial charge in [0.2, 0.25) is 5.91 Å². The number of carbonyl (C=O) groups is 2. The van der Waals surface area contributed by atoms with Gasteiger partial charge >= 0.3 is 0 Å². The van der Waals surface area contributed by atoms with Gasteiger partial charge in [-0.1, -0.05) is 12.8 Å². The van der Waals surface area contributed by atoms with Gasteiger partial charge < -0.3 is 10.2 Å². The minimum absolute atomic E-state index is 0.0115. The monoisotopic (exact) mass is 330 g/mol. The predicted octanol–water partition coefficient (Wildman–Crippen LogP) is 3.53. The summed E-state index contributed by atoms with van der Waals surface area (Å²) in [6.07, 6.45) is 7.35. The molecular weight excluding hydrogens is 308 g/mol. The Kier molecular flexibility index (Phi) is 4.05. The number of nitrogens with one attached hydrogen (secondary N) is 1. The number of hydrogen-bond donors (Lipinski definition) is 1. The van der Waals surface area contributed by atoms with Crippen LogP contribution in [0.1, 0.15) is 48.9 Å². The first kappa shape index (κ1) is 15.1. The second-order valence-electron chi connectivity index (χ2n) is 6.80. The third kappa shape index (κ3) is 2.87. The van der Waals surface area contributed by atoms with E-state index >= 15 is 0 Å². The normalized spacial score (nSPS) is 27.0. The average Bonchev–Trinajstić information content (AvgIpc) is 2.60. The average molecular weight is 330 g/mol. The first-order valence-electron chi connectivity index (χ1n) is 8.60. The number of likely N-dealkylation sites (tertiary alicyclic amines) is 1. The molecule has 1 aromatic rings. The molecule has 4 nitrogen and oxygen atoms in total. The standard InChI is InChI=1S/C18H22N2O2S/c21-17-11-23-16-8-7-13(10-14(16)19-17)18(22)20-9-3-5-12-4-1-2-6-15(12)20/h7-8,10,12,15H,1-6,9,11H2,(H,19,21). The van der Waals surface area contributed by atoms with Gasteiger partial charge in [-0.05, 0) is 49.8 Å². The summed E-state index contributed by atoms with van der Waals surface area (Å²) in [5.74, 6) is 1.29. The number of amides is 2. The molecule has 1 saturated heterocycles. The highest BCUT2D eigenvalue weighted by molar-refractivity contribution is 8.00. The summed E-state index contributed by atoms with van der Waals surface area (Å²) in [6.45, 7) is 0.873. The third-order valence-electron chi connectivity index (χ3n) is 5.36. The minimum atomic E-state index is 0.0115. The van der Waals surface area contributed by atoms with E-state index in [-0.39, 0.29) is 11.8 Å². The quantitative estimate of drug-likeness (QED) is 0.857. The Hall–Kier alpha value is -1.49. The van der Waals surface area contributed by atoms with Crippen LogP contribution in [0, 0.1) is 5.92 Å². The molecule has 122 valence electrons. The van der Waals surface area contributed by atoms with Gasteiger partial charge in [0.15, 0.2) is 0 Å². The maximum absolute atomic E-state index is 13.0. The van der Waals surface area contributed by atoms with E-state index in [1.807, 2.05) is 18.2 Å². The topological polar surface area (TPSA) is 49.4 Å². The number of nitrogens with zero attached hydrogens (tertiary/aromatic N) is 1. The summed E-state index contributed by atoms with van der Waals surface area (Å²) >= 11 is 1.53. The molecular formula is C18H22N2O2S. The molecule has 23 heavy (non-hydrogen) atoms. The summed E-state index contributed by atoms with van der Waals surface area (Å²) in [5.41, 5.74) is 1.49. The summed E-state index contributed by atoms with van der Waals surface area (Å²) in [4.78, 5) is 27.8. The van der Waals surface area contributed by atoms with Crippen LogP contribution in [-0.4, -0.2) is 35.1 Å². The molecule has 1 aliphatic carbocycles. The van der Waals surface area contributed by atoms with Crippen molar-refractivity contribution in [1.29, 1.82) is 0 Å². The van der Waals surface area contributed by atoms with Gasteiger partial charge in [0.25, 0.3) is 5.91 Å². The van der Waals surface area contributed by atoms with Crippen LogP contribution in [-0.2, 0) is 4.79 Å². The number of benzene rings is 1. The van der Waals surface area contributed by atoms with Crippen molar-refractivity contribution >= 4 is 29.3 Å². The van der Waals surface area contributed by atoms with Crippen molar-refractivity contribution in [2.75, 3.05) is 17.6 Å². The zero-order valence-corrected chi connectivity index (χ0v) is 14.0. The highest BCUT2D eigenvalue weighted by Gasteiger charge is 2.36. The zero-order chi connectivity index (χ0) is 15.8. The molecule has 0 radical (unpaired) electrons. The van der Waals surface area contributed by atoms with E-state index in [0.29, 0.717) is 23.3 Å². The lowest BCUT2D eigenvalue weighted by Gasteiger charge is -2.44. The van der Waals surface area contributed by atoms with E-state index in [4.69, 9.17) is 0 Å². The molecule has 0 spiro atoms. The lowest BCUT2D eigenvalue weighted by molar-refractivity contribution is -0.113. The van der Waals surface area contributed by atoms with Crippen molar-refractivity contribution in [3.8, 4) is 0 Å². The summed E-state index contributed by atoms with van der Waals surface area (Å²) < 4.78 is 0. The van der Waals surface area contributed by atoms with Gasteiger partial charge in [0.1, 0.15) is 0 Å². The highest BCUT2D eigenvalue weighted by Crippen LogP contribution is 2.37. The molecule has 1 N–H and O–H groups in total. The van der Waals surface area contributed by atoms with Crippen LogP contribution in [0.4, 0.5) is 5.69 Å². The zero-order valence-electron chi connectivity index (χ0n) is 13.2. The number of thioether (sulfide) groups is 1. The van der Waals surface area contributed by atoms with E-state index in [1.165, 1.54) is 37.4 Å². The van der Waals surface area contributed by atoms with E-state index in [0.717, 1.165) is 30.0 Å². The summed E-state index contributed by atoms with van der Waals surface area (Å²) in [7, 11) is 0. The molecule has 3 aliphatic rings. The Bertz CT molecular complexity index is 644. The Morgan fingerprint density at radius 2 is 2.00 bits per heavy atom. The number of rotatable bonds is 1. The Morgan fingerprint density at radius 3 is 2.91 bits per heavy atom. The molecule has 2 aliphatic heterocycles. The fourth-order valence-electron chi connectivity index (χ4n) is 4.26. The first-order chi connectivity index (χ1) is 11.2. The van der Waals surface area contributed by atoms with E-state index in [1.54, 1.807) is 0 Å². The van der Waals surface area contributed by atoms with Crippen LogP contribution in [0.25, 0.3) is 0 Å². The number of piperidine rings is 1. The molecule has 4 rings (SSSR count). The maximum atomic E-state index is 13.0. The van der Waals surface area contributed by atoms with Crippen molar-refractivity contribution < 1.29 is 9.59 Å². The van der Waals surface area contributed by atoms with E-state index in [9.17, 15) is 9.59 Å². The molecule has 2 fully saturated rings. The molecule has 2 amide bonds. The Morgan fingerprint density at radius 1 is 1.17 bits per heavy atom. The number of hydrogen-bond acceptors (Lipinski definition) is 3. The van der Waals surface area contributed by atoms with Gasteiger partial charge in [-0.15, -0.1) is 11.8 Å². The van der Waals surface area contributed by atoms with Crippen LogP contribution in [0.2, 0.25) is 0 Å². The van der Waals surface area contributed by atoms with Crippen LogP contribution in [0.3, 0.4) is 0 Å². The highest BCUT2D eigenvalue weighted by atomic mass is 32.2. The van der Waals surface area contributed by atoms with Crippen molar-refractivity contribution in [2.24, 2.45) is 5.92 Å². The van der Waals surface area contributed by atoms with Crippen molar-refractivity contribution in [3.05, 3.63) is 23.8 Å². The molecule has 5 heteroatoms. The van der Waals surface area contributed by atoms with Gasteiger partial charge in [-0.25, -0.2) is 0 Å². The molecule has 0 aromatic heterocycles. The molecule has 2 unspecified atom stereocenters. The second kappa shape index (κ2) is 6.19. The van der Waals surface area contributed by atoms with Gasteiger partial charge in [0.05, 0.1) is 11.4 Å². The maximum Gasteiger partial charge on any atom is 0.254 e. The fourth-order valence-corrected chi connectivity index (χ4v) is 5.05. The number of fused-ring (bicyclic) bond motifs is 2. The summed E-state index contributed by atoms with van der Waals surface area (Å²) in [5, 5.41) is 2.88. The predicted molar refractivity (Wildman–Crippen MR) is 91.8 cm³/mol. The van der Waals surface area contributed by atoms with Gasteiger partial charge in [-0.2, -0.15) is 0 Å². The minimum Gasteiger partial charge on any atom is -0.335 e. The fraction of sp³-hybridized carbons (Fsp3) is 0.556. The largest absolute Gasteiger partial charge is 0.335 e. The molecule has 1 aromatic carbocycles. The smallest absolute Gasteiger partial charge is 0.254 e. The lowest BCUT2D eigenvalue weighted by Crippen LogP contribution is -2.49. The van der Waals surface area contributed by atoms with Crippen molar-refractivity contribution in [1.82, 2.24) is 4.90 Å². The van der Waals surface area contributed by atoms with Crippen molar-refractivity contribution in [3.63, 3.8) is 0 Å². The summed E-state index contributed by atoms with van der Waals surface area (Å²) in [6, 6.07) is 6.16. The van der Waals surface area contributed by atoms with Gasteiger partial charge in [-0.3, -0.25) is 9.59 Å². The van der Waals surface area contributed by atoms with Gasteiger partial charge in [0, 0.05) is 23.0 Å². The SMILES string of the molecule is O=C1CSc2ccc(C(=O)N3CCCC4CCCCC43)cc2N1. The number of anilines is 1. The molecule has 0 bridgehead atoms.